The zero-order chi connectivity index (χ0) is 10.9. The second-order valence-corrected chi connectivity index (χ2v) is 4.68. The van der Waals surface area contributed by atoms with Gasteiger partial charge in [-0.15, -0.1) is 0 Å². The first-order valence-electron chi connectivity index (χ1n) is 3.40. The first kappa shape index (κ1) is 11.3. The molecule has 1 rings (SSSR count). The number of nitrogens with zero attached hydrogens (tertiary/aromatic N) is 1. The van der Waals surface area contributed by atoms with Gasteiger partial charge < -0.3 is 0 Å². The van der Waals surface area contributed by atoms with E-state index >= 15 is 0 Å². The Morgan fingerprint density at radius 1 is 1.57 bits per heavy atom. The molecule has 1 aromatic rings. The fourth-order valence-electron chi connectivity index (χ4n) is 0.849. The van der Waals surface area contributed by atoms with E-state index in [9.17, 15) is 18.7 Å². The largest absolute Gasteiger partial charge is 0.307 e. The maximum Gasteiger partial charge on any atom is 0.307 e. The summed E-state index contributed by atoms with van der Waals surface area (Å²) < 4.78 is 24.1. The second kappa shape index (κ2) is 4.14. The van der Waals surface area contributed by atoms with Crippen LogP contribution in [0.5, 0.6) is 0 Å². The molecule has 4 nitrogen and oxygen atoms in total. The molecule has 0 spiro atoms. The Bertz CT molecular complexity index is 424. The molecule has 1 aromatic carbocycles. The third-order valence-electron chi connectivity index (χ3n) is 1.51. The summed E-state index contributed by atoms with van der Waals surface area (Å²) >= 11 is 2.82. The van der Waals surface area contributed by atoms with Gasteiger partial charge in [0.05, 0.1) is 20.2 Å². The van der Waals surface area contributed by atoms with E-state index in [4.69, 9.17) is 0 Å². The molecule has 0 radical (unpaired) electrons. The van der Waals surface area contributed by atoms with Crippen LogP contribution in [-0.4, -0.2) is 15.4 Å². The number of hydrogen-bond donors (Lipinski definition) is 0. The number of rotatable bonds is 2. The van der Waals surface area contributed by atoms with Gasteiger partial charge in [0, 0.05) is 17.2 Å². The van der Waals surface area contributed by atoms with E-state index in [-0.39, 0.29) is 9.37 Å². The van der Waals surface area contributed by atoms with Crippen LogP contribution in [0.2, 0.25) is 0 Å². The minimum atomic E-state index is -1.38. The van der Waals surface area contributed by atoms with Crippen molar-refractivity contribution in [2.45, 2.75) is 4.90 Å². The lowest BCUT2D eigenvalue weighted by Crippen LogP contribution is -1.97. The maximum atomic E-state index is 13.1. The van der Waals surface area contributed by atoms with Gasteiger partial charge in [-0.3, -0.25) is 14.3 Å². The Morgan fingerprint density at radius 2 is 2.14 bits per heavy atom. The Hall–Kier alpha value is -0.820. The predicted molar refractivity (Wildman–Crippen MR) is 53.1 cm³/mol. The van der Waals surface area contributed by atoms with E-state index in [1.54, 1.807) is 0 Å². The van der Waals surface area contributed by atoms with Crippen molar-refractivity contribution >= 4 is 32.4 Å². The summed E-state index contributed by atoms with van der Waals surface area (Å²) in [4.78, 5) is 9.76. The van der Waals surface area contributed by atoms with E-state index in [0.29, 0.717) is 0 Å². The normalized spacial score (nSPS) is 12.5. The van der Waals surface area contributed by atoms with E-state index in [0.717, 1.165) is 6.07 Å². The molecule has 0 N–H and O–H groups in total. The molecule has 0 bridgehead atoms. The third kappa shape index (κ3) is 2.16. The van der Waals surface area contributed by atoms with E-state index in [2.05, 4.69) is 15.9 Å². The molecule has 76 valence electrons. The molecular formula is C7H5BrFNO3S. The molecule has 0 aromatic heterocycles. The monoisotopic (exact) mass is 281 g/mol. The minimum Gasteiger partial charge on any atom is -0.258 e. The summed E-state index contributed by atoms with van der Waals surface area (Å²) in [5.41, 5.74) is -0.676. The zero-order valence-electron chi connectivity index (χ0n) is 6.99. The Labute approximate surface area is 89.9 Å². The van der Waals surface area contributed by atoms with Gasteiger partial charge in [0.2, 0.25) is 5.82 Å². The Morgan fingerprint density at radius 3 is 2.57 bits per heavy atom. The molecule has 1 unspecified atom stereocenters. The zero-order valence-corrected chi connectivity index (χ0v) is 9.39. The topological polar surface area (TPSA) is 60.2 Å². The molecule has 0 heterocycles. The molecule has 0 aliphatic rings. The van der Waals surface area contributed by atoms with Gasteiger partial charge in [-0.2, -0.15) is 4.39 Å². The van der Waals surface area contributed by atoms with Gasteiger partial charge in [-0.1, -0.05) is 0 Å². The highest BCUT2D eigenvalue weighted by molar-refractivity contribution is 9.10. The first-order chi connectivity index (χ1) is 6.43. The summed E-state index contributed by atoms with van der Waals surface area (Å²) in [6.45, 7) is 0. The lowest BCUT2D eigenvalue weighted by atomic mass is 10.3. The molecule has 0 aliphatic heterocycles. The van der Waals surface area contributed by atoms with Gasteiger partial charge in [0.1, 0.15) is 0 Å². The number of nitro groups is 1. The van der Waals surface area contributed by atoms with Gasteiger partial charge in [0.15, 0.2) is 0 Å². The molecule has 0 saturated carbocycles. The fourth-order valence-corrected chi connectivity index (χ4v) is 2.01. The van der Waals surface area contributed by atoms with Crippen LogP contribution in [0.15, 0.2) is 21.5 Å². The average molecular weight is 282 g/mol. The minimum absolute atomic E-state index is 0.0584. The highest BCUT2D eigenvalue weighted by Gasteiger charge is 2.19. The summed E-state index contributed by atoms with van der Waals surface area (Å²) in [5, 5.41) is 10.4. The average Bonchev–Trinajstić information content (AvgIpc) is 2.08. The number of halogens is 2. The predicted octanol–water partition coefficient (Wildman–Crippen LogP) is 2.23. The second-order valence-electron chi connectivity index (χ2n) is 2.45. The van der Waals surface area contributed by atoms with E-state index < -0.39 is 27.2 Å². The van der Waals surface area contributed by atoms with Crippen LogP contribution < -0.4 is 0 Å². The standard InChI is InChI=1S/C7H5BrFNO3S/c1-14(13)4-2-5(8)7(9)6(3-4)10(11)12/h2-3H,1H3. The quantitative estimate of drug-likeness (QED) is 0.617. The highest BCUT2D eigenvalue weighted by Crippen LogP contribution is 2.27. The SMILES string of the molecule is CS(=O)c1cc(Br)c(F)c([N+](=O)[O-])c1. The van der Waals surface area contributed by atoms with Crippen molar-refractivity contribution in [2.75, 3.05) is 6.26 Å². The smallest absolute Gasteiger partial charge is 0.258 e. The van der Waals surface area contributed by atoms with Gasteiger partial charge in [0.25, 0.3) is 0 Å². The molecule has 7 heteroatoms. The van der Waals surface area contributed by atoms with Crippen molar-refractivity contribution in [1.82, 2.24) is 0 Å². The van der Waals surface area contributed by atoms with Crippen LogP contribution >= 0.6 is 15.9 Å². The highest BCUT2D eigenvalue weighted by atomic mass is 79.9. The van der Waals surface area contributed by atoms with Crippen LogP contribution in [0.4, 0.5) is 10.1 Å². The van der Waals surface area contributed by atoms with Crippen molar-refractivity contribution in [3.05, 3.63) is 32.5 Å². The Kier molecular flexibility index (Phi) is 3.33. The Balaban J connectivity index is 3.43. The molecule has 0 saturated heterocycles. The van der Waals surface area contributed by atoms with E-state index in [1.165, 1.54) is 12.3 Å². The van der Waals surface area contributed by atoms with Crippen molar-refractivity contribution in [1.29, 1.82) is 0 Å². The fraction of sp³-hybridized carbons (Fsp3) is 0.143. The molecule has 0 fully saturated rings. The third-order valence-corrected chi connectivity index (χ3v) is 2.99. The number of nitro benzene ring substituents is 1. The van der Waals surface area contributed by atoms with Crippen LogP contribution in [0.1, 0.15) is 0 Å². The van der Waals surface area contributed by atoms with Crippen LogP contribution in [0, 0.1) is 15.9 Å². The van der Waals surface area contributed by atoms with Crippen LogP contribution in [0.25, 0.3) is 0 Å². The van der Waals surface area contributed by atoms with Crippen molar-refractivity contribution in [2.24, 2.45) is 0 Å². The molecule has 14 heavy (non-hydrogen) atoms. The lowest BCUT2D eigenvalue weighted by Gasteiger charge is -2.00. The van der Waals surface area contributed by atoms with Crippen molar-refractivity contribution in [3.8, 4) is 0 Å². The number of hydrogen-bond acceptors (Lipinski definition) is 3. The summed E-state index contributed by atoms with van der Waals surface area (Å²) in [6, 6.07) is 2.23. The molecule has 0 aliphatic carbocycles. The van der Waals surface area contributed by atoms with Gasteiger partial charge in [-0.05, 0) is 22.0 Å². The number of benzene rings is 1. The van der Waals surface area contributed by atoms with Gasteiger partial charge in [-0.25, -0.2) is 0 Å². The maximum absolute atomic E-state index is 13.1. The lowest BCUT2D eigenvalue weighted by molar-refractivity contribution is -0.387. The summed E-state index contributed by atoms with van der Waals surface area (Å²) in [5.74, 6) is -0.954. The first-order valence-corrected chi connectivity index (χ1v) is 5.75. The van der Waals surface area contributed by atoms with E-state index in [1.807, 2.05) is 0 Å². The van der Waals surface area contributed by atoms with Crippen molar-refractivity contribution in [3.63, 3.8) is 0 Å². The molecule has 0 amide bonds. The summed E-state index contributed by atoms with van der Waals surface area (Å²) in [6.07, 6.45) is 1.36. The van der Waals surface area contributed by atoms with Crippen molar-refractivity contribution < 1.29 is 13.5 Å². The summed E-state index contributed by atoms with van der Waals surface area (Å²) in [7, 11) is -1.38. The molecular weight excluding hydrogens is 277 g/mol. The van der Waals surface area contributed by atoms with Crippen LogP contribution in [-0.2, 0) is 10.8 Å². The van der Waals surface area contributed by atoms with Crippen LogP contribution in [0.3, 0.4) is 0 Å². The molecule has 1 atom stereocenters. The van der Waals surface area contributed by atoms with Gasteiger partial charge >= 0.3 is 5.69 Å².